The standard InChI is InChI=1S/ClH.Fe.6H2O/h1H;;6*1H2/p-1. The zero-order valence-electron chi connectivity index (χ0n) is 3.73. The molecule has 0 radical (unpaired) electrons. The van der Waals surface area contributed by atoms with Gasteiger partial charge >= 0.3 is 0 Å². The monoisotopic (exact) mass is 199 g/mol. The normalized spacial score (nSPS) is 0. The van der Waals surface area contributed by atoms with E-state index in [0.29, 0.717) is 0 Å². The largest absolute Gasteiger partial charge is 1.00 e. The fourth-order valence-electron chi connectivity index (χ4n) is 0. The van der Waals surface area contributed by atoms with Crippen LogP contribution in [0.15, 0.2) is 0 Å². The van der Waals surface area contributed by atoms with E-state index in [9.17, 15) is 0 Å². The van der Waals surface area contributed by atoms with E-state index in [4.69, 9.17) is 0 Å². The van der Waals surface area contributed by atoms with E-state index in [0.717, 1.165) is 0 Å². The Morgan fingerprint density at radius 1 is 0.375 bits per heavy atom. The van der Waals surface area contributed by atoms with Crippen molar-refractivity contribution in [3.8, 4) is 0 Å². The van der Waals surface area contributed by atoms with Gasteiger partial charge in [-0.05, 0) is 0 Å². The molecule has 0 amide bonds. The summed E-state index contributed by atoms with van der Waals surface area (Å²) in [5.74, 6) is 0. The van der Waals surface area contributed by atoms with Gasteiger partial charge in [-0.15, -0.1) is 0 Å². The smallest absolute Gasteiger partial charge is 0 e. The molecule has 0 aliphatic carbocycles. The van der Waals surface area contributed by atoms with Crippen molar-refractivity contribution >= 4 is 0 Å². The Morgan fingerprint density at radius 3 is 0.375 bits per heavy atom. The van der Waals surface area contributed by atoms with Gasteiger partial charge < -0.3 is 45.3 Å². The van der Waals surface area contributed by atoms with E-state index in [1.807, 2.05) is 0 Å². The van der Waals surface area contributed by atoms with Crippen molar-refractivity contribution in [1.29, 1.82) is 0 Å². The van der Waals surface area contributed by atoms with Crippen LogP contribution in [0, 0.1) is 0 Å². The zero-order chi connectivity index (χ0) is 0. The Balaban J connectivity index is 0. The van der Waals surface area contributed by atoms with E-state index in [-0.39, 0.29) is 62.3 Å². The Morgan fingerprint density at radius 2 is 0.375 bits per heavy atom. The maximum atomic E-state index is 0. The van der Waals surface area contributed by atoms with Crippen molar-refractivity contribution in [2.45, 2.75) is 0 Å². The Labute approximate surface area is 63.0 Å². The first kappa shape index (κ1) is 1510. The summed E-state index contributed by atoms with van der Waals surface area (Å²) < 4.78 is 0. The number of hydrogen-bond donors (Lipinski definition) is 0. The maximum absolute atomic E-state index is 0. The second-order valence-electron chi connectivity index (χ2n) is 0. The molecule has 0 unspecified atom stereocenters. The molecule has 0 saturated heterocycles. The molecule has 0 fully saturated rings. The van der Waals surface area contributed by atoms with Crippen LogP contribution in [0.25, 0.3) is 0 Å². The van der Waals surface area contributed by atoms with Crippen LogP contribution in [-0.4, -0.2) is 32.9 Å². The van der Waals surface area contributed by atoms with Gasteiger partial charge in [0.25, 0.3) is 0 Å². The Kier molecular flexibility index (Phi) is 191000. The second-order valence-corrected chi connectivity index (χ2v) is 0. The SMILES string of the molecule is O.O.O.O.O.O.[Cl-].[Fe]. The summed E-state index contributed by atoms with van der Waals surface area (Å²) in [6.45, 7) is 0. The number of rotatable bonds is 0. The van der Waals surface area contributed by atoms with E-state index in [2.05, 4.69) is 0 Å². The predicted molar refractivity (Wildman–Crippen MR) is 21.7 cm³/mol. The molecule has 0 rings (SSSR count). The average Bonchev–Trinajstić information content (AvgIpc) is 0. The van der Waals surface area contributed by atoms with E-state index in [1.54, 1.807) is 0 Å². The fraction of sp³-hybridized carbons (Fsp3) is 0. The van der Waals surface area contributed by atoms with E-state index in [1.165, 1.54) is 0 Å². The molecule has 0 spiro atoms. The number of halogens is 1. The molecule has 12 N–H and O–H groups in total. The van der Waals surface area contributed by atoms with Crippen molar-refractivity contribution in [1.82, 2.24) is 0 Å². The molecule has 0 aliphatic rings. The van der Waals surface area contributed by atoms with Gasteiger partial charge in [0.05, 0.1) is 0 Å². The van der Waals surface area contributed by atoms with Gasteiger partial charge in [-0.3, -0.25) is 0 Å². The van der Waals surface area contributed by atoms with Gasteiger partial charge in [-0.25, -0.2) is 0 Å². The van der Waals surface area contributed by atoms with Crippen molar-refractivity contribution in [2.75, 3.05) is 0 Å². The first-order chi connectivity index (χ1) is 0. The molecule has 0 saturated carbocycles. The fourth-order valence-corrected chi connectivity index (χ4v) is 0. The van der Waals surface area contributed by atoms with Crippen molar-refractivity contribution < 1.29 is 62.3 Å². The Hall–Kier alpha value is 0.569. The third-order valence-electron chi connectivity index (χ3n) is 0. The maximum Gasteiger partial charge on any atom is 0 e. The third-order valence-corrected chi connectivity index (χ3v) is 0. The number of hydrogen-bond acceptors (Lipinski definition) is 0. The van der Waals surface area contributed by atoms with Gasteiger partial charge in [0.15, 0.2) is 0 Å². The van der Waals surface area contributed by atoms with Gasteiger partial charge in [-0.2, -0.15) is 0 Å². The summed E-state index contributed by atoms with van der Waals surface area (Å²) in [5, 5.41) is 0. The summed E-state index contributed by atoms with van der Waals surface area (Å²) >= 11 is 0. The van der Waals surface area contributed by atoms with E-state index < -0.39 is 0 Å². The van der Waals surface area contributed by atoms with E-state index >= 15 is 0 Å². The Bertz CT molecular complexity index is 8.49. The second kappa shape index (κ2) is 1010. The van der Waals surface area contributed by atoms with Gasteiger partial charge in [0.1, 0.15) is 0 Å². The summed E-state index contributed by atoms with van der Waals surface area (Å²) in [6.07, 6.45) is 0. The third kappa shape index (κ3) is 628. The average molecular weight is 199 g/mol. The first-order valence-electron chi connectivity index (χ1n) is 0. The summed E-state index contributed by atoms with van der Waals surface area (Å²) in [7, 11) is 0. The van der Waals surface area contributed by atoms with Gasteiger partial charge in [-0.1, -0.05) is 0 Å². The summed E-state index contributed by atoms with van der Waals surface area (Å²) in [5.41, 5.74) is 0. The molecule has 64 valence electrons. The summed E-state index contributed by atoms with van der Waals surface area (Å²) in [6, 6.07) is 0. The molecule has 0 aromatic heterocycles. The van der Waals surface area contributed by atoms with Crippen LogP contribution < -0.4 is 12.4 Å². The first-order valence-corrected chi connectivity index (χ1v) is 0. The van der Waals surface area contributed by atoms with Crippen LogP contribution in [0.3, 0.4) is 0 Å². The summed E-state index contributed by atoms with van der Waals surface area (Å²) in [4.78, 5) is 0. The topological polar surface area (TPSA) is 189 Å². The van der Waals surface area contributed by atoms with Crippen molar-refractivity contribution in [3.63, 3.8) is 0 Å². The molecule has 0 aliphatic heterocycles. The molecule has 0 aromatic carbocycles. The minimum absolute atomic E-state index is 0. The molecule has 8 heavy (non-hydrogen) atoms. The molecule has 0 heterocycles. The van der Waals surface area contributed by atoms with Crippen LogP contribution >= 0.6 is 0 Å². The van der Waals surface area contributed by atoms with Gasteiger partial charge in [0.2, 0.25) is 0 Å². The van der Waals surface area contributed by atoms with Crippen LogP contribution in [0.1, 0.15) is 0 Å². The van der Waals surface area contributed by atoms with Crippen LogP contribution in [0.2, 0.25) is 0 Å². The molecular formula is H12ClFeO6-. The molecular weight excluding hydrogens is 187 g/mol. The molecule has 8 heteroatoms. The predicted octanol–water partition coefficient (Wildman–Crippen LogP) is -7.95. The van der Waals surface area contributed by atoms with Gasteiger partial charge in [0, 0.05) is 17.1 Å². The van der Waals surface area contributed by atoms with Crippen LogP contribution in [0.4, 0.5) is 0 Å². The molecule has 6 nitrogen and oxygen atoms in total. The van der Waals surface area contributed by atoms with Crippen LogP contribution in [-0.2, 0) is 17.1 Å². The minimum Gasteiger partial charge on any atom is -1.00 e. The van der Waals surface area contributed by atoms with Crippen molar-refractivity contribution in [2.24, 2.45) is 0 Å². The molecule has 0 aromatic rings. The van der Waals surface area contributed by atoms with Crippen LogP contribution in [0.5, 0.6) is 0 Å². The quantitative estimate of drug-likeness (QED) is 0.335. The molecule has 0 atom stereocenters. The zero-order valence-corrected chi connectivity index (χ0v) is 5.59. The molecule has 0 bridgehead atoms. The van der Waals surface area contributed by atoms with Crippen molar-refractivity contribution in [3.05, 3.63) is 0 Å². The minimum atomic E-state index is 0.